The summed E-state index contributed by atoms with van der Waals surface area (Å²) in [7, 11) is 1.64. The van der Waals surface area contributed by atoms with Crippen LogP contribution in [-0.4, -0.2) is 39.4 Å². The van der Waals surface area contributed by atoms with Gasteiger partial charge in [0.1, 0.15) is 12.4 Å². The van der Waals surface area contributed by atoms with Crippen LogP contribution < -0.4 is 10.1 Å². The maximum absolute atomic E-state index is 12.0. The van der Waals surface area contributed by atoms with E-state index in [2.05, 4.69) is 5.32 Å². The van der Waals surface area contributed by atoms with Gasteiger partial charge in [0.2, 0.25) is 0 Å². The van der Waals surface area contributed by atoms with Gasteiger partial charge in [-0.05, 0) is 42.1 Å². The standard InChI is InChI=1S/C17H21NO4S/c1-13-11-15(18-17(19)14-5-10-23-12-14)3-4-16(13)22-9-8-21-7-6-20-2/h3-5,10-12H,6-9H2,1-2H3,(H,18,19). The van der Waals surface area contributed by atoms with Gasteiger partial charge in [0.15, 0.2) is 0 Å². The number of nitrogens with one attached hydrogen (secondary N) is 1. The SMILES string of the molecule is COCCOCCOc1ccc(NC(=O)c2ccsc2)cc1C. The molecule has 1 aromatic carbocycles. The van der Waals surface area contributed by atoms with E-state index >= 15 is 0 Å². The molecule has 0 aliphatic carbocycles. The predicted molar refractivity (Wildman–Crippen MR) is 91.6 cm³/mol. The predicted octanol–water partition coefficient (Wildman–Crippen LogP) is 3.35. The number of rotatable bonds is 9. The van der Waals surface area contributed by atoms with Crippen LogP contribution in [0.2, 0.25) is 0 Å². The molecule has 2 rings (SSSR count). The molecule has 1 N–H and O–H groups in total. The highest BCUT2D eigenvalue weighted by Crippen LogP contribution is 2.22. The van der Waals surface area contributed by atoms with Gasteiger partial charge in [-0.3, -0.25) is 4.79 Å². The summed E-state index contributed by atoms with van der Waals surface area (Å²) in [5.74, 6) is 0.680. The number of thiophene rings is 1. The van der Waals surface area contributed by atoms with Gasteiger partial charge in [0.05, 0.1) is 25.4 Å². The van der Waals surface area contributed by atoms with Crippen molar-refractivity contribution < 1.29 is 19.0 Å². The normalized spacial score (nSPS) is 10.5. The van der Waals surface area contributed by atoms with Crippen LogP contribution in [0.3, 0.4) is 0 Å². The fourth-order valence-corrected chi connectivity index (χ4v) is 2.58. The molecular weight excluding hydrogens is 314 g/mol. The molecule has 0 spiro atoms. The average molecular weight is 335 g/mol. The van der Waals surface area contributed by atoms with Crippen LogP contribution in [0.4, 0.5) is 5.69 Å². The van der Waals surface area contributed by atoms with Crippen molar-refractivity contribution in [3.63, 3.8) is 0 Å². The summed E-state index contributed by atoms with van der Waals surface area (Å²) < 4.78 is 15.9. The first-order chi connectivity index (χ1) is 11.2. The van der Waals surface area contributed by atoms with Gasteiger partial charge in [-0.25, -0.2) is 0 Å². The minimum absolute atomic E-state index is 0.106. The molecule has 0 atom stereocenters. The minimum Gasteiger partial charge on any atom is -0.491 e. The second-order valence-corrected chi connectivity index (χ2v) is 5.68. The second-order valence-electron chi connectivity index (χ2n) is 4.90. The van der Waals surface area contributed by atoms with E-state index < -0.39 is 0 Å². The lowest BCUT2D eigenvalue weighted by Crippen LogP contribution is -2.12. The Morgan fingerprint density at radius 3 is 2.70 bits per heavy atom. The van der Waals surface area contributed by atoms with Crippen molar-refractivity contribution in [1.82, 2.24) is 0 Å². The van der Waals surface area contributed by atoms with E-state index in [0.717, 1.165) is 17.0 Å². The lowest BCUT2D eigenvalue weighted by atomic mass is 10.2. The van der Waals surface area contributed by atoms with Crippen molar-refractivity contribution >= 4 is 22.9 Å². The van der Waals surface area contributed by atoms with E-state index in [4.69, 9.17) is 14.2 Å². The molecular formula is C17H21NO4S. The minimum atomic E-state index is -0.106. The molecule has 124 valence electrons. The molecule has 1 aromatic heterocycles. The van der Waals surface area contributed by atoms with Crippen LogP contribution >= 0.6 is 11.3 Å². The molecule has 0 aliphatic heterocycles. The van der Waals surface area contributed by atoms with E-state index in [0.29, 0.717) is 32.0 Å². The quantitative estimate of drug-likeness (QED) is 0.714. The Morgan fingerprint density at radius 2 is 2.00 bits per heavy atom. The van der Waals surface area contributed by atoms with Crippen molar-refractivity contribution in [2.24, 2.45) is 0 Å². The maximum atomic E-state index is 12.0. The lowest BCUT2D eigenvalue weighted by Gasteiger charge is -2.11. The Labute approximate surface area is 140 Å². The van der Waals surface area contributed by atoms with Crippen molar-refractivity contribution in [3.8, 4) is 5.75 Å². The summed E-state index contributed by atoms with van der Waals surface area (Å²) in [5.41, 5.74) is 2.38. The van der Waals surface area contributed by atoms with Crippen LogP contribution in [0.15, 0.2) is 35.0 Å². The van der Waals surface area contributed by atoms with Gasteiger partial charge in [-0.1, -0.05) is 0 Å². The van der Waals surface area contributed by atoms with E-state index in [9.17, 15) is 4.79 Å². The van der Waals surface area contributed by atoms with Crippen molar-refractivity contribution in [3.05, 3.63) is 46.2 Å². The molecule has 1 heterocycles. The third-order valence-corrected chi connectivity index (χ3v) is 3.82. The number of benzene rings is 1. The summed E-state index contributed by atoms with van der Waals surface area (Å²) in [6.07, 6.45) is 0. The number of hydrogen-bond donors (Lipinski definition) is 1. The molecule has 0 fully saturated rings. The zero-order chi connectivity index (χ0) is 16.5. The number of carbonyl (C=O) groups excluding carboxylic acids is 1. The van der Waals surface area contributed by atoms with Gasteiger partial charge in [-0.15, -0.1) is 0 Å². The molecule has 0 bridgehead atoms. The Morgan fingerprint density at radius 1 is 1.17 bits per heavy atom. The largest absolute Gasteiger partial charge is 0.491 e. The van der Waals surface area contributed by atoms with E-state index in [1.54, 1.807) is 13.2 Å². The zero-order valence-corrected chi connectivity index (χ0v) is 14.2. The van der Waals surface area contributed by atoms with Crippen LogP contribution in [0.5, 0.6) is 5.75 Å². The number of amides is 1. The summed E-state index contributed by atoms with van der Waals surface area (Å²) in [6.45, 7) is 4.08. The highest BCUT2D eigenvalue weighted by Gasteiger charge is 2.07. The molecule has 0 unspecified atom stereocenters. The van der Waals surface area contributed by atoms with Crippen LogP contribution in [0, 0.1) is 6.92 Å². The molecule has 2 aromatic rings. The molecule has 1 amide bonds. The summed E-state index contributed by atoms with van der Waals surface area (Å²) >= 11 is 1.50. The summed E-state index contributed by atoms with van der Waals surface area (Å²) in [6, 6.07) is 7.38. The van der Waals surface area contributed by atoms with E-state index in [-0.39, 0.29) is 5.91 Å². The first-order valence-corrected chi connectivity index (χ1v) is 8.28. The Hall–Kier alpha value is -1.89. The third-order valence-electron chi connectivity index (χ3n) is 3.13. The monoisotopic (exact) mass is 335 g/mol. The number of carbonyl (C=O) groups is 1. The Balaban J connectivity index is 1.82. The van der Waals surface area contributed by atoms with Crippen LogP contribution in [-0.2, 0) is 9.47 Å². The van der Waals surface area contributed by atoms with Gasteiger partial charge in [0, 0.05) is 18.2 Å². The number of hydrogen-bond acceptors (Lipinski definition) is 5. The molecule has 23 heavy (non-hydrogen) atoms. The summed E-state index contributed by atoms with van der Waals surface area (Å²) in [5, 5.41) is 6.58. The number of anilines is 1. The molecule has 6 heteroatoms. The average Bonchev–Trinajstić information content (AvgIpc) is 3.07. The van der Waals surface area contributed by atoms with E-state index in [1.807, 2.05) is 35.9 Å². The number of methoxy groups -OCH3 is 1. The second kappa shape index (κ2) is 9.29. The highest BCUT2D eigenvalue weighted by molar-refractivity contribution is 7.08. The van der Waals surface area contributed by atoms with Gasteiger partial charge in [0.25, 0.3) is 5.91 Å². The Bertz CT molecular complexity index is 613. The van der Waals surface area contributed by atoms with Gasteiger partial charge >= 0.3 is 0 Å². The first-order valence-electron chi connectivity index (χ1n) is 7.34. The van der Waals surface area contributed by atoms with Gasteiger partial charge < -0.3 is 19.5 Å². The van der Waals surface area contributed by atoms with Crippen molar-refractivity contribution in [1.29, 1.82) is 0 Å². The maximum Gasteiger partial charge on any atom is 0.256 e. The first kappa shape index (κ1) is 17.5. The number of aryl methyl sites for hydroxylation is 1. The smallest absolute Gasteiger partial charge is 0.256 e. The Kier molecular flexibility index (Phi) is 7.06. The topological polar surface area (TPSA) is 56.8 Å². The fraction of sp³-hybridized carbons (Fsp3) is 0.353. The molecule has 0 saturated heterocycles. The lowest BCUT2D eigenvalue weighted by molar-refractivity contribution is 0.0543. The third kappa shape index (κ3) is 5.67. The van der Waals surface area contributed by atoms with E-state index in [1.165, 1.54) is 11.3 Å². The van der Waals surface area contributed by atoms with Gasteiger partial charge in [-0.2, -0.15) is 11.3 Å². The zero-order valence-electron chi connectivity index (χ0n) is 13.3. The van der Waals surface area contributed by atoms with Crippen molar-refractivity contribution in [2.45, 2.75) is 6.92 Å². The van der Waals surface area contributed by atoms with Crippen LogP contribution in [0.1, 0.15) is 15.9 Å². The highest BCUT2D eigenvalue weighted by atomic mass is 32.1. The molecule has 0 radical (unpaired) electrons. The molecule has 5 nitrogen and oxygen atoms in total. The summed E-state index contributed by atoms with van der Waals surface area (Å²) in [4.78, 5) is 12.0. The molecule has 0 aliphatic rings. The fourth-order valence-electron chi connectivity index (χ4n) is 1.94. The molecule has 0 saturated carbocycles. The van der Waals surface area contributed by atoms with Crippen molar-refractivity contribution in [2.75, 3.05) is 38.9 Å². The van der Waals surface area contributed by atoms with Crippen LogP contribution in [0.25, 0.3) is 0 Å². The number of ether oxygens (including phenoxy) is 3.